The molecule has 2 heteroatoms. The van der Waals surface area contributed by atoms with Crippen LogP contribution in [0.5, 0.6) is 0 Å². The van der Waals surface area contributed by atoms with Crippen molar-refractivity contribution >= 4 is 22.6 Å². The van der Waals surface area contributed by atoms with E-state index in [1.165, 1.54) is 9.13 Å². The molecule has 0 amide bonds. The van der Waals surface area contributed by atoms with Gasteiger partial charge in [0.1, 0.15) is 6.61 Å². The monoisotopic (exact) mass is 289 g/mol. The molecule has 0 atom stereocenters. The Labute approximate surface area is 93.3 Å². The van der Waals surface area contributed by atoms with Crippen LogP contribution in [0.2, 0.25) is 0 Å². The molecule has 1 N–H and O–H groups in total. The van der Waals surface area contributed by atoms with Crippen molar-refractivity contribution in [2.24, 2.45) is 5.92 Å². The van der Waals surface area contributed by atoms with Gasteiger partial charge in [0.05, 0.1) is 0 Å². The lowest BCUT2D eigenvalue weighted by Crippen LogP contribution is -1.96. The van der Waals surface area contributed by atoms with E-state index in [1.54, 1.807) is 0 Å². The molecule has 0 fully saturated rings. The van der Waals surface area contributed by atoms with Crippen LogP contribution in [-0.2, 0) is 6.42 Å². The lowest BCUT2D eigenvalue weighted by atomic mass is 10.0. The molecule has 1 nitrogen and oxygen atoms in total. The molecule has 1 rings (SSSR count). The second kappa shape index (κ2) is 4.96. The second-order valence-corrected chi connectivity index (χ2v) is 4.87. The Hall–Kier alpha value is -0.0900. The van der Waals surface area contributed by atoms with Crippen molar-refractivity contribution in [1.29, 1.82) is 0 Å². The van der Waals surface area contributed by atoms with Crippen molar-refractivity contribution < 1.29 is 5.11 Å². The zero-order chi connectivity index (χ0) is 9.84. The molecule has 0 aromatic heterocycles. The summed E-state index contributed by atoms with van der Waals surface area (Å²) in [6, 6.07) is 6.15. The molecule has 0 heterocycles. The Morgan fingerprint density at radius 1 is 1.38 bits per heavy atom. The van der Waals surface area contributed by atoms with Crippen molar-refractivity contribution in [2.45, 2.75) is 20.3 Å². The maximum atomic E-state index is 8.89. The van der Waals surface area contributed by atoms with E-state index in [2.05, 4.69) is 42.5 Å². The maximum Gasteiger partial charge on any atom is 0.109 e. The zero-order valence-corrected chi connectivity index (χ0v) is 10.1. The summed E-state index contributed by atoms with van der Waals surface area (Å²) in [5.74, 6) is 0.657. The number of aliphatic hydroxyl groups excluding tert-OH is 1. The van der Waals surface area contributed by atoms with Crippen LogP contribution in [0.25, 0.3) is 0 Å². The summed E-state index contributed by atoms with van der Waals surface area (Å²) in [5, 5.41) is 8.89. The average molecular weight is 289 g/mol. The first-order chi connectivity index (χ1) is 6.11. The third kappa shape index (κ3) is 3.65. The summed E-state index contributed by atoms with van der Waals surface area (Å²) in [7, 11) is 0. The Morgan fingerprint density at radius 3 is 2.62 bits per heavy atom. The molecule has 0 aliphatic rings. The molecule has 0 aliphatic carbocycles. The SMILES string of the molecule is CC(C)Cc1cc(I)cc([CH]O)c1. The predicted molar refractivity (Wildman–Crippen MR) is 63.0 cm³/mol. The highest BCUT2D eigenvalue weighted by Crippen LogP contribution is 2.16. The molecule has 0 aliphatic heterocycles. The van der Waals surface area contributed by atoms with Gasteiger partial charge in [-0.2, -0.15) is 0 Å². The van der Waals surface area contributed by atoms with Crippen LogP contribution in [0.3, 0.4) is 0 Å². The number of rotatable bonds is 3. The Bertz CT molecular complexity index is 281. The van der Waals surface area contributed by atoms with Crippen LogP contribution >= 0.6 is 22.6 Å². The molecule has 0 saturated carbocycles. The molecule has 71 valence electrons. The van der Waals surface area contributed by atoms with E-state index in [4.69, 9.17) is 5.11 Å². The summed E-state index contributed by atoms with van der Waals surface area (Å²) in [6.45, 7) is 5.55. The van der Waals surface area contributed by atoms with Gasteiger partial charge in [-0.25, -0.2) is 0 Å². The molecule has 1 radical (unpaired) electrons. The van der Waals surface area contributed by atoms with E-state index in [-0.39, 0.29) is 0 Å². The van der Waals surface area contributed by atoms with Crippen molar-refractivity contribution in [3.05, 3.63) is 39.5 Å². The average Bonchev–Trinajstić information content (AvgIpc) is 2.01. The van der Waals surface area contributed by atoms with Gasteiger partial charge in [0.15, 0.2) is 0 Å². The fraction of sp³-hybridized carbons (Fsp3) is 0.364. The van der Waals surface area contributed by atoms with Crippen LogP contribution in [-0.4, -0.2) is 5.11 Å². The fourth-order valence-corrected chi connectivity index (χ4v) is 2.10. The van der Waals surface area contributed by atoms with Gasteiger partial charge in [-0.05, 0) is 58.2 Å². The normalized spacial score (nSPS) is 10.8. The van der Waals surface area contributed by atoms with Gasteiger partial charge in [0.25, 0.3) is 0 Å². The van der Waals surface area contributed by atoms with Crippen LogP contribution in [0.15, 0.2) is 18.2 Å². The molecule has 0 saturated heterocycles. The lowest BCUT2D eigenvalue weighted by molar-refractivity contribution is 0.414. The molecule has 13 heavy (non-hydrogen) atoms. The van der Waals surface area contributed by atoms with E-state index in [0.29, 0.717) is 5.92 Å². The number of hydrogen-bond acceptors (Lipinski definition) is 1. The first-order valence-corrected chi connectivity index (χ1v) is 5.46. The van der Waals surface area contributed by atoms with E-state index in [0.717, 1.165) is 18.6 Å². The number of benzene rings is 1. The Kier molecular flexibility index (Phi) is 4.19. The van der Waals surface area contributed by atoms with Gasteiger partial charge >= 0.3 is 0 Å². The summed E-state index contributed by atoms with van der Waals surface area (Å²) in [6.07, 6.45) is 1.07. The molecule has 1 aromatic carbocycles. The number of hydrogen-bond donors (Lipinski definition) is 1. The highest BCUT2D eigenvalue weighted by Gasteiger charge is 2.01. The second-order valence-electron chi connectivity index (χ2n) is 3.62. The Morgan fingerprint density at radius 2 is 2.08 bits per heavy atom. The lowest BCUT2D eigenvalue weighted by Gasteiger charge is -2.07. The van der Waals surface area contributed by atoms with Crippen molar-refractivity contribution in [1.82, 2.24) is 0 Å². The van der Waals surface area contributed by atoms with E-state index in [1.807, 2.05) is 12.1 Å². The summed E-state index contributed by atoms with van der Waals surface area (Å²) < 4.78 is 1.18. The van der Waals surface area contributed by atoms with Crippen molar-refractivity contribution in [2.75, 3.05) is 0 Å². The minimum Gasteiger partial charge on any atom is -0.385 e. The minimum atomic E-state index is 0.657. The quantitative estimate of drug-likeness (QED) is 0.846. The summed E-state index contributed by atoms with van der Waals surface area (Å²) in [4.78, 5) is 0. The topological polar surface area (TPSA) is 20.2 Å². The van der Waals surface area contributed by atoms with E-state index < -0.39 is 0 Å². The summed E-state index contributed by atoms with van der Waals surface area (Å²) in [5.41, 5.74) is 2.18. The molecule has 0 spiro atoms. The predicted octanol–water partition coefficient (Wildman–Crippen LogP) is 3.37. The highest BCUT2D eigenvalue weighted by molar-refractivity contribution is 14.1. The van der Waals surface area contributed by atoms with Crippen LogP contribution in [0.4, 0.5) is 0 Å². The first-order valence-electron chi connectivity index (χ1n) is 4.38. The third-order valence-electron chi connectivity index (χ3n) is 1.77. The van der Waals surface area contributed by atoms with E-state index >= 15 is 0 Å². The number of aliphatic hydroxyl groups is 1. The van der Waals surface area contributed by atoms with Gasteiger partial charge < -0.3 is 5.11 Å². The van der Waals surface area contributed by atoms with Gasteiger partial charge in [-0.1, -0.05) is 19.9 Å². The summed E-state index contributed by atoms with van der Waals surface area (Å²) >= 11 is 2.27. The largest absolute Gasteiger partial charge is 0.385 e. The maximum absolute atomic E-state index is 8.89. The molecule has 0 unspecified atom stereocenters. The van der Waals surface area contributed by atoms with Crippen LogP contribution in [0, 0.1) is 16.1 Å². The Balaban J connectivity index is 2.88. The molecule has 1 aromatic rings. The standard InChI is InChI=1S/C11H14IO/c1-8(2)3-9-4-10(7-13)6-11(12)5-9/h4-8,13H,3H2,1-2H3. The zero-order valence-electron chi connectivity index (χ0n) is 7.92. The molecular formula is C11H14IO. The van der Waals surface area contributed by atoms with E-state index in [9.17, 15) is 0 Å². The first kappa shape index (κ1) is 11.0. The smallest absolute Gasteiger partial charge is 0.109 e. The van der Waals surface area contributed by atoms with Gasteiger partial charge in [0.2, 0.25) is 0 Å². The number of halogens is 1. The third-order valence-corrected chi connectivity index (χ3v) is 2.40. The van der Waals surface area contributed by atoms with Gasteiger partial charge in [-0.15, -0.1) is 0 Å². The van der Waals surface area contributed by atoms with Gasteiger partial charge in [0, 0.05) is 3.57 Å². The van der Waals surface area contributed by atoms with Crippen molar-refractivity contribution in [3.8, 4) is 0 Å². The van der Waals surface area contributed by atoms with Crippen LogP contribution < -0.4 is 0 Å². The highest BCUT2D eigenvalue weighted by atomic mass is 127. The molecular weight excluding hydrogens is 275 g/mol. The van der Waals surface area contributed by atoms with Crippen molar-refractivity contribution in [3.63, 3.8) is 0 Å². The molecule has 0 bridgehead atoms. The van der Waals surface area contributed by atoms with Crippen LogP contribution in [0.1, 0.15) is 25.0 Å². The minimum absolute atomic E-state index is 0.657. The fourth-order valence-electron chi connectivity index (χ4n) is 1.34. The van der Waals surface area contributed by atoms with Gasteiger partial charge in [-0.3, -0.25) is 0 Å².